The highest BCUT2D eigenvalue weighted by Gasteiger charge is 2.47. The summed E-state index contributed by atoms with van der Waals surface area (Å²) in [6.07, 6.45) is 5.90. The summed E-state index contributed by atoms with van der Waals surface area (Å²) in [7, 11) is 0. The van der Waals surface area contributed by atoms with Gasteiger partial charge in [-0.05, 0) is 43.9 Å². The van der Waals surface area contributed by atoms with Gasteiger partial charge in [0.2, 0.25) is 0 Å². The number of hydrogen-bond acceptors (Lipinski definition) is 1. The molecule has 1 heteroatoms. The van der Waals surface area contributed by atoms with E-state index < -0.39 is 5.60 Å². The number of fused-ring (bicyclic) bond motifs is 2. The minimum Gasteiger partial charge on any atom is -0.390 e. The molecule has 12 heavy (non-hydrogen) atoms. The number of rotatable bonds is 1. The van der Waals surface area contributed by atoms with E-state index >= 15 is 0 Å². The van der Waals surface area contributed by atoms with Crippen LogP contribution in [0.15, 0.2) is 12.2 Å². The lowest BCUT2D eigenvalue weighted by molar-refractivity contribution is -0.0133. The largest absolute Gasteiger partial charge is 0.390 e. The number of aliphatic hydroxyl groups is 1. The zero-order valence-electron chi connectivity index (χ0n) is 8.12. The molecule has 2 bridgehead atoms. The fourth-order valence-corrected chi connectivity index (χ4v) is 3.24. The molecular weight excluding hydrogens is 148 g/mol. The molecule has 2 aliphatic rings. The Kier molecular flexibility index (Phi) is 1.63. The lowest BCUT2D eigenvalue weighted by atomic mass is 9.75. The van der Waals surface area contributed by atoms with Gasteiger partial charge in [0.05, 0.1) is 5.60 Å². The quantitative estimate of drug-likeness (QED) is 0.592. The second-order valence-electron chi connectivity index (χ2n) is 4.99. The van der Waals surface area contributed by atoms with Crippen molar-refractivity contribution in [2.24, 2.45) is 23.7 Å². The monoisotopic (exact) mass is 166 g/mol. The van der Waals surface area contributed by atoms with Gasteiger partial charge in [-0.25, -0.2) is 0 Å². The van der Waals surface area contributed by atoms with Crippen LogP contribution in [0.5, 0.6) is 0 Å². The number of allylic oxidation sites excluding steroid dienone is 2. The molecule has 0 heterocycles. The molecule has 0 spiro atoms. The first-order valence-corrected chi connectivity index (χ1v) is 4.91. The van der Waals surface area contributed by atoms with Crippen molar-refractivity contribution in [2.75, 3.05) is 0 Å². The van der Waals surface area contributed by atoms with Crippen LogP contribution in [0.4, 0.5) is 0 Å². The molecule has 4 unspecified atom stereocenters. The van der Waals surface area contributed by atoms with Gasteiger partial charge < -0.3 is 5.11 Å². The second-order valence-corrected chi connectivity index (χ2v) is 4.99. The van der Waals surface area contributed by atoms with Crippen molar-refractivity contribution in [3.8, 4) is 0 Å². The summed E-state index contributed by atoms with van der Waals surface area (Å²) in [4.78, 5) is 0. The Labute approximate surface area is 74.5 Å². The molecular formula is C11H18O. The van der Waals surface area contributed by atoms with Crippen LogP contribution < -0.4 is 0 Å². The third-order valence-corrected chi connectivity index (χ3v) is 3.67. The average Bonchev–Trinajstić information content (AvgIpc) is 2.42. The normalized spacial score (nSPS) is 45.7. The first kappa shape index (κ1) is 8.31. The first-order valence-electron chi connectivity index (χ1n) is 4.91. The molecule has 2 aliphatic carbocycles. The Morgan fingerprint density at radius 3 is 2.17 bits per heavy atom. The average molecular weight is 166 g/mol. The fourth-order valence-electron chi connectivity index (χ4n) is 3.24. The third kappa shape index (κ3) is 1.03. The van der Waals surface area contributed by atoms with Gasteiger partial charge in [0.15, 0.2) is 0 Å². The van der Waals surface area contributed by atoms with Gasteiger partial charge in [-0.2, -0.15) is 0 Å². The fraction of sp³-hybridized carbons (Fsp3) is 0.818. The highest BCUT2D eigenvalue weighted by molar-refractivity contribution is 5.15. The molecule has 0 aliphatic heterocycles. The minimum atomic E-state index is -0.496. The van der Waals surface area contributed by atoms with Gasteiger partial charge in [-0.3, -0.25) is 0 Å². The van der Waals surface area contributed by atoms with E-state index in [4.69, 9.17) is 0 Å². The Morgan fingerprint density at radius 2 is 1.83 bits per heavy atom. The van der Waals surface area contributed by atoms with Crippen molar-refractivity contribution in [2.45, 2.75) is 32.8 Å². The predicted octanol–water partition coefficient (Wildman–Crippen LogP) is 2.22. The first-order chi connectivity index (χ1) is 5.50. The van der Waals surface area contributed by atoms with Crippen molar-refractivity contribution in [3.63, 3.8) is 0 Å². The zero-order chi connectivity index (χ0) is 8.93. The van der Waals surface area contributed by atoms with Gasteiger partial charge in [0.25, 0.3) is 0 Å². The van der Waals surface area contributed by atoms with E-state index in [-0.39, 0.29) is 0 Å². The summed E-state index contributed by atoms with van der Waals surface area (Å²) in [5.74, 6) is 2.53. The Hall–Kier alpha value is -0.300. The van der Waals surface area contributed by atoms with Crippen LogP contribution in [-0.2, 0) is 0 Å². The molecule has 68 valence electrons. The molecule has 0 amide bonds. The molecule has 1 fully saturated rings. The van der Waals surface area contributed by atoms with Crippen LogP contribution in [-0.4, -0.2) is 10.7 Å². The minimum absolute atomic E-state index is 0.479. The molecule has 1 nitrogen and oxygen atoms in total. The van der Waals surface area contributed by atoms with Crippen molar-refractivity contribution in [1.29, 1.82) is 0 Å². The van der Waals surface area contributed by atoms with Gasteiger partial charge in [0, 0.05) is 0 Å². The van der Waals surface area contributed by atoms with Crippen LogP contribution in [0.25, 0.3) is 0 Å². The molecule has 2 rings (SSSR count). The van der Waals surface area contributed by atoms with Crippen molar-refractivity contribution in [1.82, 2.24) is 0 Å². The van der Waals surface area contributed by atoms with Crippen LogP contribution >= 0.6 is 0 Å². The van der Waals surface area contributed by atoms with E-state index in [1.807, 2.05) is 13.8 Å². The smallest absolute Gasteiger partial charge is 0.0628 e. The Balaban J connectivity index is 2.24. The van der Waals surface area contributed by atoms with E-state index in [1.54, 1.807) is 0 Å². The van der Waals surface area contributed by atoms with Gasteiger partial charge in [-0.15, -0.1) is 0 Å². The van der Waals surface area contributed by atoms with Crippen LogP contribution in [0.3, 0.4) is 0 Å². The molecule has 0 aromatic heterocycles. The molecule has 1 saturated carbocycles. The lowest BCUT2D eigenvalue weighted by Crippen LogP contribution is -2.37. The summed E-state index contributed by atoms with van der Waals surface area (Å²) in [6.45, 7) is 6.17. The summed E-state index contributed by atoms with van der Waals surface area (Å²) in [5.41, 5.74) is -0.496. The summed E-state index contributed by atoms with van der Waals surface area (Å²) < 4.78 is 0. The maximum Gasteiger partial charge on any atom is 0.0628 e. The molecule has 4 atom stereocenters. The molecule has 1 N–H and O–H groups in total. The maximum atomic E-state index is 9.98. The van der Waals surface area contributed by atoms with E-state index in [9.17, 15) is 5.11 Å². The maximum absolute atomic E-state index is 9.98. The lowest BCUT2D eigenvalue weighted by Gasteiger charge is -2.35. The van der Waals surface area contributed by atoms with Crippen molar-refractivity contribution >= 4 is 0 Å². The second kappa shape index (κ2) is 2.35. The summed E-state index contributed by atoms with van der Waals surface area (Å²) in [6, 6.07) is 0. The number of hydrogen-bond donors (Lipinski definition) is 1. The summed E-state index contributed by atoms with van der Waals surface area (Å²) >= 11 is 0. The van der Waals surface area contributed by atoms with Crippen molar-refractivity contribution in [3.05, 3.63) is 12.2 Å². The zero-order valence-corrected chi connectivity index (χ0v) is 8.12. The predicted molar refractivity (Wildman–Crippen MR) is 49.7 cm³/mol. The molecule has 0 radical (unpaired) electrons. The van der Waals surface area contributed by atoms with E-state index in [1.165, 1.54) is 6.42 Å². The molecule has 0 aromatic rings. The van der Waals surface area contributed by atoms with Gasteiger partial charge in [0.1, 0.15) is 0 Å². The van der Waals surface area contributed by atoms with E-state index in [0.717, 1.165) is 5.92 Å². The molecule has 0 saturated heterocycles. The van der Waals surface area contributed by atoms with E-state index in [2.05, 4.69) is 19.1 Å². The topological polar surface area (TPSA) is 20.2 Å². The van der Waals surface area contributed by atoms with Crippen LogP contribution in [0, 0.1) is 23.7 Å². The van der Waals surface area contributed by atoms with Gasteiger partial charge in [-0.1, -0.05) is 19.1 Å². The Morgan fingerprint density at radius 1 is 1.25 bits per heavy atom. The third-order valence-electron chi connectivity index (χ3n) is 3.67. The SMILES string of the molecule is CC1C2C=CC(C2)C1C(C)(C)O. The summed E-state index contributed by atoms with van der Waals surface area (Å²) in [5, 5.41) is 9.98. The van der Waals surface area contributed by atoms with Crippen molar-refractivity contribution < 1.29 is 5.11 Å². The standard InChI is InChI=1S/C11H18O/c1-7-8-4-5-9(6-8)10(7)11(2,3)12/h4-5,7-10,12H,6H2,1-3H3. The van der Waals surface area contributed by atoms with Crippen LogP contribution in [0.2, 0.25) is 0 Å². The van der Waals surface area contributed by atoms with Crippen LogP contribution in [0.1, 0.15) is 27.2 Å². The molecule has 0 aromatic carbocycles. The van der Waals surface area contributed by atoms with Gasteiger partial charge >= 0.3 is 0 Å². The van der Waals surface area contributed by atoms with E-state index in [0.29, 0.717) is 17.8 Å². The Bertz CT molecular complexity index is 212. The highest BCUT2D eigenvalue weighted by atomic mass is 16.3. The highest BCUT2D eigenvalue weighted by Crippen LogP contribution is 2.51.